The van der Waals surface area contributed by atoms with Crippen LogP contribution in [0.2, 0.25) is 0 Å². The molecule has 1 unspecified atom stereocenters. The number of aromatic nitrogens is 3. The Morgan fingerprint density at radius 1 is 1.16 bits per heavy atom. The summed E-state index contributed by atoms with van der Waals surface area (Å²) in [5, 5.41) is 4.67. The zero-order valence-electron chi connectivity index (χ0n) is 22.5. The number of nitrogen functional groups attached to an aromatic ring is 1. The Kier molecular flexibility index (Phi) is 7.04. The molecular weight excluding hydrogens is 462 g/mol. The van der Waals surface area contributed by atoms with Crippen LogP contribution in [0, 0.1) is 0 Å². The third-order valence-electron chi connectivity index (χ3n) is 7.25. The number of fused-ring (bicyclic) bond motifs is 3. The highest BCUT2D eigenvalue weighted by Crippen LogP contribution is 2.38. The zero-order valence-corrected chi connectivity index (χ0v) is 22.5. The van der Waals surface area contributed by atoms with Crippen LogP contribution in [-0.4, -0.2) is 60.3 Å². The summed E-state index contributed by atoms with van der Waals surface area (Å²) in [6.07, 6.45) is 4.05. The molecular formula is C29H37N7O. The van der Waals surface area contributed by atoms with E-state index >= 15 is 0 Å². The lowest BCUT2D eigenvalue weighted by molar-refractivity contribution is 0.185. The molecule has 0 bridgehead atoms. The number of hydrogen-bond acceptors (Lipinski definition) is 7. The number of benzene rings is 2. The molecule has 0 fully saturated rings. The summed E-state index contributed by atoms with van der Waals surface area (Å²) in [4.78, 5) is 13.9. The van der Waals surface area contributed by atoms with Crippen LogP contribution in [0.3, 0.4) is 0 Å². The summed E-state index contributed by atoms with van der Waals surface area (Å²) in [5.74, 6) is 0.540. The number of nitrogens with zero attached hydrogens (tertiary/aromatic N) is 5. The average molecular weight is 500 g/mol. The maximum absolute atomic E-state index is 6.56. The number of methoxy groups -OCH3 is 1. The Bertz CT molecular complexity index is 1410. The van der Waals surface area contributed by atoms with Crippen molar-refractivity contribution in [3.63, 3.8) is 0 Å². The number of anilines is 4. The molecule has 1 atom stereocenters. The van der Waals surface area contributed by atoms with Gasteiger partial charge in [0.25, 0.3) is 0 Å². The van der Waals surface area contributed by atoms with E-state index in [-0.39, 0.29) is 0 Å². The fraction of sp³-hybridized carbons (Fsp3) is 0.379. The van der Waals surface area contributed by atoms with Gasteiger partial charge in [-0.15, -0.1) is 0 Å². The number of hydrogen-bond donors (Lipinski definition) is 2. The van der Waals surface area contributed by atoms with Crippen molar-refractivity contribution in [1.29, 1.82) is 0 Å². The minimum Gasteiger partial charge on any atom is -0.397 e. The number of ether oxygens (including phenoxy) is 1. The van der Waals surface area contributed by atoms with E-state index in [0.29, 0.717) is 24.3 Å². The molecule has 8 heteroatoms. The van der Waals surface area contributed by atoms with E-state index in [9.17, 15) is 0 Å². The summed E-state index contributed by atoms with van der Waals surface area (Å²) >= 11 is 0. The van der Waals surface area contributed by atoms with Crippen LogP contribution in [0.4, 0.5) is 23.0 Å². The normalized spacial score (nSPS) is 13.8. The minimum absolute atomic E-state index is 0.297. The third kappa shape index (κ3) is 4.86. The maximum atomic E-state index is 6.56. The highest BCUT2D eigenvalue weighted by molar-refractivity contribution is 5.97. The van der Waals surface area contributed by atoms with Crippen molar-refractivity contribution in [3.05, 3.63) is 59.9 Å². The van der Waals surface area contributed by atoms with Crippen LogP contribution < -0.4 is 16.0 Å². The fourth-order valence-electron chi connectivity index (χ4n) is 5.47. The van der Waals surface area contributed by atoms with E-state index in [1.54, 1.807) is 7.11 Å². The molecule has 3 N–H and O–H groups in total. The Balaban J connectivity index is 1.49. The van der Waals surface area contributed by atoms with E-state index in [1.165, 1.54) is 22.2 Å². The van der Waals surface area contributed by atoms with Crippen LogP contribution in [0.15, 0.2) is 48.7 Å². The van der Waals surface area contributed by atoms with Crippen molar-refractivity contribution >= 4 is 33.9 Å². The second kappa shape index (κ2) is 10.4. The molecule has 0 saturated heterocycles. The van der Waals surface area contributed by atoms with E-state index in [1.807, 2.05) is 18.3 Å². The van der Waals surface area contributed by atoms with E-state index in [2.05, 4.69) is 83.1 Å². The zero-order chi connectivity index (χ0) is 26.1. The van der Waals surface area contributed by atoms with E-state index in [0.717, 1.165) is 48.6 Å². The highest BCUT2D eigenvalue weighted by atomic mass is 16.5. The molecule has 194 valence electrons. The molecule has 0 amide bonds. The van der Waals surface area contributed by atoms with Crippen LogP contribution >= 0.6 is 0 Å². The number of rotatable bonds is 9. The molecule has 0 aliphatic carbocycles. The Hall–Kier alpha value is -3.62. The summed E-state index contributed by atoms with van der Waals surface area (Å²) in [7, 11) is 7.94. The van der Waals surface area contributed by atoms with Gasteiger partial charge >= 0.3 is 0 Å². The third-order valence-corrected chi connectivity index (χ3v) is 7.25. The van der Waals surface area contributed by atoms with Gasteiger partial charge in [-0.3, -0.25) is 0 Å². The number of para-hydroxylation sites is 1. The maximum Gasteiger partial charge on any atom is 0.227 e. The lowest BCUT2D eigenvalue weighted by Gasteiger charge is -2.31. The van der Waals surface area contributed by atoms with E-state index < -0.39 is 0 Å². The van der Waals surface area contributed by atoms with Gasteiger partial charge in [-0.1, -0.05) is 18.2 Å². The predicted octanol–water partition coefficient (Wildman–Crippen LogP) is 4.90. The minimum atomic E-state index is 0.297. The fourth-order valence-corrected chi connectivity index (χ4v) is 5.47. The molecule has 8 nitrogen and oxygen atoms in total. The lowest BCUT2D eigenvalue weighted by Crippen LogP contribution is -2.37. The summed E-state index contributed by atoms with van der Waals surface area (Å²) < 4.78 is 7.97. The first-order valence-corrected chi connectivity index (χ1v) is 12.9. The number of likely N-dealkylation sites (N-methyl/N-ethyl adjacent to an activating group) is 2. The van der Waals surface area contributed by atoms with Crippen LogP contribution in [0.5, 0.6) is 0 Å². The molecule has 4 aromatic rings. The van der Waals surface area contributed by atoms with Crippen molar-refractivity contribution in [2.24, 2.45) is 0 Å². The van der Waals surface area contributed by atoms with Crippen molar-refractivity contribution in [2.75, 3.05) is 50.7 Å². The van der Waals surface area contributed by atoms with E-state index in [4.69, 9.17) is 15.5 Å². The monoisotopic (exact) mass is 499 g/mol. The van der Waals surface area contributed by atoms with Crippen LogP contribution in [-0.2, 0) is 24.3 Å². The molecule has 0 spiro atoms. The van der Waals surface area contributed by atoms with Crippen LogP contribution in [0.1, 0.15) is 24.6 Å². The predicted molar refractivity (Wildman–Crippen MR) is 153 cm³/mol. The molecule has 0 saturated carbocycles. The molecule has 37 heavy (non-hydrogen) atoms. The van der Waals surface area contributed by atoms with Crippen molar-refractivity contribution in [2.45, 2.75) is 39.0 Å². The van der Waals surface area contributed by atoms with Gasteiger partial charge in [-0.2, -0.15) is 0 Å². The van der Waals surface area contributed by atoms with Gasteiger partial charge < -0.3 is 30.2 Å². The molecule has 2 aromatic carbocycles. The molecule has 3 heterocycles. The first-order valence-electron chi connectivity index (χ1n) is 12.9. The highest BCUT2D eigenvalue weighted by Gasteiger charge is 2.23. The van der Waals surface area contributed by atoms with Crippen molar-refractivity contribution < 1.29 is 4.74 Å². The quantitative estimate of drug-likeness (QED) is 0.317. The van der Waals surface area contributed by atoms with Crippen molar-refractivity contribution in [1.82, 2.24) is 19.4 Å². The second-order valence-corrected chi connectivity index (χ2v) is 10.2. The Morgan fingerprint density at radius 3 is 2.76 bits per heavy atom. The molecule has 2 aromatic heterocycles. The lowest BCUT2D eigenvalue weighted by atomic mass is 10.1. The Morgan fingerprint density at radius 2 is 1.97 bits per heavy atom. The average Bonchev–Trinajstić information content (AvgIpc) is 3.46. The summed E-state index contributed by atoms with van der Waals surface area (Å²) in [5.41, 5.74) is 14.9. The van der Waals surface area contributed by atoms with Gasteiger partial charge in [0.1, 0.15) is 0 Å². The summed E-state index contributed by atoms with van der Waals surface area (Å²) in [6, 6.07) is 15.0. The molecule has 1 aliphatic rings. The number of nitrogens with two attached hydrogens (primary N) is 1. The molecule has 0 radical (unpaired) electrons. The van der Waals surface area contributed by atoms with Gasteiger partial charge in [-0.25, -0.2) is 9.97 Å². The van der Waals surface area contributed by atoms with Gasteiger partial charge in [0.05, 0.1) is 23.7 Å². The smallest absolute Gasteiger partial charge is 0.227 e. The van der Waals surface area contributed by atoms with Crippen molar-refractivity contribution in [3.8, 4) is 11.3 Å². The standard InChI is InChI=1S/C29H37N7O/c1-19(17-34(2)3)35(4)27-15-20(18-37-5)24(16-22(27)30)33-29-31-13-12-23(32-29)28-21-9-6-7-10-25(21)36-14-8-11-26(28)36/h6-7,9-10,12-13,15-16,19H,8,11,14,17-18,30H2,1-5H3,(H,31,32,33). The first-order chi connectivity index (χ1) is 17.9. The largest absolute Gasteiger partial charge is 0.397 e. The first kappa shape index (κ1) is 25.0. The SMILES string of the molecule is COCc1cc(N(C)C(C)CN(C)C)c(N)cc1Nc1nccc(-c2c3n(c4ccccc24)CCC3)n1. The summed E-state index contributed by atoms with van der Waals surface area (Å²) in [6.45, 7) is 4.63. The van der Waals surface area contributed by atoms with Crippen LogP contribution in [0.25, 0.3) is 22.2 Å². The number of aryl methyl sites for hydroxylation is 1. The Labute approximate surface area is 219 Å². The molecule has 5 rings (SSSR count). The topological polar surface area (TPSA) is 84.5 Å². The van der Waals surface area contributed by atoms with Gasteiger partial charge in [0.2, 0.25) is 5.95 Å². The van der Waals surface area contributed by atoms with Gasteiger partial charge in [0.15, 0.2) is 0 Å². The van der Waals surface area contributed by atoms with Gasteiger partial charge in [-0.05, 0) is 58.1 Å². The van der Waals surface area contributed by atoms with Gasteiger partial charge in [0, 0.05) is 72.9 Å². The number of nitrogens with one attached hydrogen (secondary N) is 1. The molecule has 1 aliphatic heterocycles. The second-order valence-electron chi connectivity index (χ2n) is 10.2.